The Morgan fingerprint density at radius 1 is 1.32 bits per heavy atom. The second kappa shape index (κ2) is 8.50. The van der Waals surface area contributed by atoms with E-state index in [2.05, 4.69) is 10.6 Å². The van der Waals surface area contributed by atoms with Crippen LogP contribution in [0.4, 0.5) is 4.79 Å². The summed E-state index contributed by atoms with van der Waals surface area (Å²) in [6.07, 6.45) is -0.0279. The van der Waals surface area contributed by atoms with Crippen LogP contribution in [0.3, 0.4) is 0 Å². The molecule has 1 rings (SSSR count). The summed E-state index contributed by atoms with van der Waals surface area (Å²) in [5.74, 6) is 0. The molecule has 0 fully saturated rings. The van der Waals surface area contributed by atoms with Gasteiger partial charge in [-0.1, -0.05) is 30.3 Å². The number of amides is 2. The van der Waals surface area contributed by atoms with Crippen LogP contribution < -0.4 is 10.6 Å². The number of urea groups is 1. The highest BCUT2D eigenvalue weighted by Crippen LogP contribution is 2.14. The fraction of sp³-hybridized carbons (Fsp3) is 0.500. The maximum atomic E-state index is 11.5. The van der Waals surface area contributed by atoms with E-state index < -0.39 is 6.10 Å². The number of nitrogens with one attached hydrogen (secondary N) is 2. The van der Waals surface area contributed by atoms with Gasteiger partial charge in [0.05, 0.1) is 12.2 Å². The van der Waals surface area contributed by atoms with E-state index in [9.17, 15) is 4.79 Å². The minimum absolute atomic E-state index is 0.163. The van der Waals surface area contributed by atoms with Crippen molar-refractivity contribution in [3.8, 4) is 0 Å². The zero-order valence-electron chi connectivity index (χ0n) is 11.4. The molecule has 2 atom stereocenters. The van der Waals surface area contributed by atoms with E-state index in [1.807, 2.05) is 30.3 Å². The predicted octanol–water partition coefficient (Wildman–Crippen LogP) is 1.44. The Morgan fingerprint density at radius 2 is 2.00 bits per heavy atom. The molecule has 0 aliphatic heterocycles. The SMILES string of the molecule is COC(CNC(=O)NCCC(C)O)c1ccccc1. The molecule has 2 amide bonds. The third-order valence-electron chi connectivity index (χ3n) is 2.75. The molecule has 5 nitrogen and oxygen atoms in total. The van der Waals surface area contributed by atoms with Crippen molar-refractivity contribution in [2.24, 2.45) is 0 Å². The number of aliphatic hydroxyl groups excluding tert-OH is 1. The predicted molar refractivity (Wildman–Crippen MR) is 73.9 cm³/mol. The van der Waals surface area contributed by atoms with Gasteiger partial charge < -0.3 is 20.5 Å². The molecule has 3 N–H and O–H groups in total. The van der Waals surface area contributed by atoms with Crippen molar-refractivity contribution < 1.29 is 14.6 Å². The molecule has 1 aromatic rings. The number of methoxy groups -OCH3 is 1. The normalized spacial score (nSPS) is 13.6. The lowest BCUT2D eigenvalue weighted by Crippen LogP contribution is -2.39. The van der Waals surface area contributed by atoms with Crippen molar-refractivity contribution in [2.45, 2.75) is 25.6 Å². The lowest BCUT2D eigenvalue weighted by atomic mass is 10.1. The molecule has 106 valence electrons. The summed E-state index contributed by atoms with van der Waals surface area (Å²) >= 11 is 0. The van der Waals surface area contributed by atoms with Gasteiger partial charge in [0.1, 0.15) is 0 Å². The zero-order chi connectivity index (χ0) is 14.1. The van der Waals surface area contributed by atoms with E-state index in [4.69, 9.17) is 9.84 Å². The minimum atomic E-state index is -0.406. The first-order valence-electron chi connectivity index (χ1n) is 6.41. The van der Waals surface area contributed by atoms with Crippen LogP contribution in [-0.2, 0) is 4.74 Å². The van der Waals surface area contributed by atoms with Crippen LogP contribution in [0.1, 0.15) is 25.0 Å². The number of ether oxygens (including phenoxy) is 1. The zero-order valence-corrected chi connectivity index (χ0v) is 11.4. The maximum absolute atomic E-state index is 11.5. The van der Waals surface area contributed by atoms with Gasteiger partial charge in [-0.3, -0.25) is 0 Å². The van der Waals surface area contributed by atoms with E-state index in [0.717, 1.165) is 5.56 Å². The molecule has 0 aromatic heterocycles. The number of hydrogen-bond acceptors (Lipinski definition) is 3. The van der Waals surface area contributed by atoms with Gasteiger partial charge in [-0.05, 0) is 18.9 Å². The Kier molecular flexibility index (Phi) is 6.92. The summed E-state index contributed by atoms with van der Waals surface area (Å²) in [6.45, 7) is 2.55. The number of benzene rings is 1. The number of carbonyl (C=O) groups is 1. The van der Waals surface area contributed by atoms with Crippen molar-refractivity contribution in [1.29, 1.82) is 0 Å². The second-order valence-corrected chi connectivity index (χ2v) is 4.41. The summed E-state index contributed by atoms with van der Waals surface area (Å²) in [5, 5.41) is 14.5. The van der Waals surface area contributed by atoms with E-state index in [0.29, 0.717) is 19.5 Å². The first-order valence-corrected chi connectivity index (χ1v) is 6.41. The van der Waals surface area contributed by atoms with E-state index >= 15 is 0 Å². The van der Waals surface area contributed by atoms with Crippen molar-refractivity contribution in [2.75, 3.05) is 20.2 Å². The Balaban J connectivity index is 2.31. The molecule has 0 saturated heterocycles. The summed E-state index contributed by atoms with van der Waals surface area (Å²) < 4.78 is 5.35. The molecule has 0 aliphatic rings. The summed E-state index contributed by atoms with van der Waals surface area (Å²) in [7, 11) is 1.62. The molecule has 1 aromatic carbocycles. The largest absolute Gasteiger partial charge is 0.393 e. The average molecular weight is 266 g/mol. The number of carbonyl (C=O) groups excluding carboxylic acids is 1. The van der Waals surface area contributed by atoms with Crippen LogP contribution >= 0.6 is 0 Å². The van der Waals surface area contributed by atoms with Crippen LogP contribution in [0, 0.1) is 0 Å². The molecule has 5 heteroatoms. The van der Waals surface area contributed by atoms with Gasteiger partial charge >= 0.3 is 6.03 Å². The van der Waals surface area contributed by atoms with Crippen molar-refractivity contribution in [3.63, 3.8) is 0 Å². The third-order valence-corrected chi connectivity index (χ3v) is 2.75. The Morgan fingerprint density at radius 3 is 2.58 bits per heavy atom. The van der Waals surface area contributed by atoms with Gasteiger partial charge in [0, 0.05) is 20.2 Å². The molecular formula is C14H22N2O3. The van der Waals surface area contributed by atoms with Crippen molar-refractivity contribution in [1.82, 2.24) is 10.6 Å². The summed E-state index contributed by atoms with van der Waals surface area (Å²) in [5.41, 5.74) is 1.02. The highest BCUT2D eigenvalue weighted by molar-refractivity contribution is 5.73. The lowest BCUT2D eigenvalue weighted by molar-refractivity contribution is 0.104. The standard InChI is InChI=1S/C14H22N2O3/c1-11(17)8-9-15-14(18)16-10-13(19-2)12-6-4-3-5-7-12/h3-7,11,13,17H,8-10H2,1-2H3,(H2,15,16,18). The molecule has 0 heterocycles. The minimum Gasteiger partial charge on any atom is -0.393 e. The second-order valence-electron chi connectivity index (χ2n) is 4.41. The van der Waals surface area contributed by atoms with Crippen molar-refractivity contribution >= 4 is 6.03 Å². The first-order chi connectivity index (χ1) is 9.13. The van der Waals surface area contributed by atoms with Gasteiger partial charge in [0.25, 0.3) is 0 Å². The first kappa shape index (κ1) is 15.5. The van der Waals surface area contributed by atoms with Gasteiger partial charge in [-0.25, -0.2) is 4.79 Å². The van der Waals surface area contributed by atoms with E-state index in [1.165, 1.54) is 0 Å². The van der Waals surface area contributed by atoms with Gasteiger partial charge in [-0.2, -0.15) is 0 Å². The fourth-order valence-corrected chi connectivity index (χ4v) is 1.65. The Hall–Kier alpha value is -1.59. The molecule has 19 heavy (non-hydrogen) atoms. The fourth-order valence-electron chi connectivity index (χ4n) is 1.65. The Labute approximate surface area is 114 Å². The lowest BCUT2D eigenvalue weighted by Gasteiger charge is -2.17. The van der Waals surface area contributed by atoms with Crippen molar-refractivity contribution in [3.05, 3.63) is 35.9 Å². The highest BCUT2D eigenvalue weighted by atomic mass is 16.5. The molecular weight excluding hydrogens is 244 g/mol. The number of aliphatic hydroxyl groups is 1. The van der Waals surface area contributed by atoms with Crippen LogP contribution in [0.2, 0.25) is 0 Å². The molecule has 0 spiro atoms. The highest BCUT2D eigenvalue weighted by Gasteiger charge is 2.11. The summed E-state index contributed by atoms with van der Waals surface area (Å²) in [6, 6.07) is 9.47. The molecule has 2 unspecified atom stereocenters. The van der Waals surface area contributed by atoms with E-state index in [-0.39, 0.29) is 12.1 Å². The number of hydrogen-bond donors (Lipinski definition) is 3. The quantitative estimate of drug-likeness (QED) is 0.699. The van der Waals surface area contributed by atoms with Gasteiger partial charge in [0.15, 0.2) is 0 Å². The smallest absolute Gasteiger partial charge is 0.314 e. The van der Waals surface area contributed by atoms with Gasteiger partial charge in [0.2, 0.25) is 0 Å². The van der Waals surface area contributed by atoms with E-state index in [1.54, 1.807) is 14.0 Å². The van der Waals surface area contributed by atoms with Crippen LogP contribution in [0.5, 0.6) is 0 Å². The molecule has 0 aliphatic carbocycles. The summed E-state index contributed by atoms with van der Waals surface area (Å²) in [4.78, 5) is 11.5. The average Bonchev–Trinajstić information content (AvgIpc) is 2.40. The van der Waals surface area contributed by atoms with Crippen LogP contribution in [0.25, 0.3) is 0 Å². The van der Waals surface area contributed by atoms with Crippen LogP contribution in [0.15, 0.2) is 30.3 Å². The maximum Gasteiger partial charge on any atom is 0.314 e. The molecule has 0 saturated carbocycles. The monoisotopic (exact) mass is 266 g/mol. The molecule has 0 bridgehead atoms. The molecule has 0 radical (unpaired) electrons. The Bertz CT molecular complexity index is 368. The van der Waals surface area contributed by atoms with Crippen LogP contribution in [-0.4, -0.2) is 37.4 Å². The topological polar surface area (TPSA) is 70.6 Å². The van der Waals surface area contributed by atoms with Gasteiger partial charge in [-0.15, -0.1) is 0 Å². The third kappa shape index (κ3) is 6.22. The number of rotatable bonds is 7.